The maximum absolute atomic E-state index is 11.8. The molecule has 0 amide bonds. The molecule has 0 aliphatic carbocycles. The van der Waals surface area contributed by atoms with E-state index in [-0.39, 0.29) is 6.04 Å². The van der Waals surface area contributed by atoms with Crippen LogP contribution in [0.5, 0.6) is 0 Å². The molecule has 2 unspecified atom stereocenters. The highest BCUT2D eigenvalue weighted by atomic mass is 32.2. The molecule has 3 nitrogen and oxygen atoms in total. The zero-order valence-corrected chi connectivity index (χ0v) is 12.3. The standard InChI is InChI=1S/C12H27NO2S/c1-7-8-10(2)9-11(13-5)12(3,4)16(6,14)15/h10-11,13H,7-9H2,1-6H3. The molecule has 0 aromatic heterocycles. The molecule has 0 radical (unpaired) electrons. The predicted molar refractivity (Wildman–Crippen MR) is 70.5 cm³/mol. The van der Waals surface area contributed by atoms with Gasteiger partial charge in [0.25, 0.3) is 0 Å². The van der Waals surface area contributed by atoms with Gasteiger partial charge in [0, 0.05) is 12.3 Å². The van der Waals surface area contributed by atoms with Gasteiger partial charge in [0.05, 0.1) is 4.75 Å². The van der Waals surface area contributed by atoms with Crippen LogP contribution in [0.15, 0.2) is 0 Å². The van der Waals surface area contributed by atoms with Gasteiger partial charge in [0.15, 0.2) is 9.84 Å². The Morgan fingerprint density at radius 1 is 1.31 bits per heavy atom. The number of rotatable bonds is 7. The van der Waals surface area contributed by atoms with E-state index in [2.05, 4.69) is 19.2 Å². The zero-order chi connectivity index (χ0) is 13.0. The summed E-state index contributed by atoms with van der Waals surface area (Å²) in [6.07, 6.45) is 4.53. The van der Waals surface area contributed by atoms with E-state index in [9.17, 15) is 8.42 Å². The molecular formula is C12H27NO2S. The first-order valence-electron chi connectivity index (χ1n) is 6.03. The van der Waals surface area contributed by atoms with Crippen LogP contribution in [0.2, 0.25) is 0 Å². The predicted octanol–water partition coefficient (Wildman–Crippen LogP) is 2.22. The lowest BCUT2D eigenvalue weighted by Gasteiger charge is -2.34. The quantitative estimate of drug-likeness (QED) is 0.752. The van der Waals surface area contributed by atoms with Crippen molar-refractivity contribution >= 4 is 9.84 Å². The average Bonchev–Trinajstić information content (AvgIpc) is 2.12. The van der Waals surface area contributed by atoms with Gasteiger partial charge < -0.3 is 5.32 Å². The summed E-state index contributed by atoms with van der Waals surface area (Å²) in [7, 11) is -1.19. The largest absolute Gasteiger partial charge is 0.315 e. The minimum atomic E-state index is -3.04. The van der Waals surface area contributed by atoms with Gasteiger partial charge in [-0.05, 0) is 33.2 Å². The first-order chi connectivity index (χ1) is 7.16. The molecule has 0 fully saturated rings. The van der Waals surface area contributed by atoms with E-state index in [1.165, 1.54) is 6.26 Å². The third-order valence-electron chi connectivity index (χ3n) is 3.56. The second-order valence-corrected chi connectivity index (χ2v) is 7.94. The molecule has 0 aliphatic heterocycles. The second-order valence-electron chi connectivity index (χ2n) is 5.35. The Bertz CT molecular complexity index is 296. The van der Waals surface area contributed by atoms with Crippen molar-refractivity contribution in [2.45, 2.75) is 57.7 Å². The van der Waals surface area contributed by atoms with Gasteiger partial charge in [-0.15, -0.1) is 0 Å². The van der Waals surface area contributed by atoms with Gasteiger partial charge >= 0.3 is 0 Å². The van der Waals surface area contributed by atoms with E-state index in [1.54, 1.807) is 0 Å². The third kappa shape index (κ3) is 4.06. The lowest BCUT2D eigenvalue weighted by molar-refractivity contribution is 0.344. The summed E-state index contributed by atoms with van der Waals surface area (Å²) in [4.78, 5) is 0. The molecule has 16 heavy (non-hydrogen) atoms. The van der Waals surface area contributed by atoms with E-state index >= 15 is 0 Å². The molecular weight excluding hydrogens is 222 g/mol. The van der Waals surface area contributed by atoms with Crippen molar-refractivity contribution in [2.75, 3.05) is 13.3 Å². The highest BCUT2D eigenvalue weighted by Gasteiger charge is 2.38. The first-order valence-corrected chi connectivity index (χ1v) is 7.92. The third-order valence-corrected chi connectivity index (χ3v) is 5.76. The normalized spacial score (nSPS) is 17.1. The van der Waals surface area contributed by atoms with Crippen molar-refractivity contribution < 1.29 is 8.42 Å². The summed E-state index contributed by atoms with van der Waals surface area (Å²) in [5, 5.41) is 3.16. The second kappa shape index (κ2) is 6.01. The molecule has 0 saturated carbocycles. The fraction of sp³-hybridized carbons (Fsp3) is 1.00. The Hall–Kier alpha value is -0.0900. The van der Waals surface area contributed by atoms with Crippen LogP contribution in [-0.4, -0.2) is 32.5 Å². The van der Waals surface area contributed by atoms with Crippen LogP contribution in [0.3, 0.4) is 0 Å². The maximum atomic E-state index is 11.8. The summed E-state index contributed by atoms with van der Waals surface area (Å²) in [6, 6.07) is 0.0176. The average molecular weight is 249 g/mol. The molecule has 2 atom stereocenters. The van der Waals surface area contributed by atoms with Crippen molar-refractivity contribution in [1.29, 1.82) is 0 Å². The van der Waals surface area contributed by atoms with Crippen LogP contribution in [0.1, 0.15) is 47.0 Å². The van der Waals surface area contributed by atoms with Gasteiger partial charge in [-0.2, -0.15) is 0 Å². The molecule has 0 spiro atoms. The lowest BCUT2D eigenvalue weighted by atomic mass is 9.90. The Morgan fingerprint density at radius 2 is 1.81 bits per heavy atom. The van der Waals surface area contributed by atoms with E-state index in [0.717, 1.165) is 19.3 Å². The molecule has 0 aliphatic rings. The van der Waals surface area contributed by atoms with E-state index in [1.807, 2.05) is 20.9 Å². The Labute approximate surface area is 101 Å². The lowest BCUT2D eigenvalue weighted by Crippen LogP contribution is -2.51. The SMILES string of the molecule is CCCC(C)CC(NC)C(C)(C)S(C)(=O)=O. The summed E-state index contributed by atoms with van der Waals surface area (Å²) in [5.74, 6) is 0.559. The number of sulfone groups is 1. The van der Waals surface area contributed by atoms with Crippen LogP contribution in [0, 0.1) is 5.92 Å². The Morgan fingerprint density at radius 3 is 2.12 bits per heavy atom. The van der Waals surface area contributed by atoms with Crippen molar-refractivity contribution in [3.63, 3.8) is 0 Å². The van der Waals surface area contributed by atoms with Crippen molar-refractivity contribution in [3.8, 4) is 0 Å². The fourth-order valence-corrected chi connectivity index (χ4v) is 2.75. The fourth-order valence-electron chi connectivity index (χ4n) is 2.02. The molecule has 4 heteroatoms. The topological polar surface area (TPSA) is 46.2 Å². The highest BCUT2D eigenvalue weighted by Crippen LogP contribution is 2.26. The number of hydrogen-bond donors (Lipinski definition) is 1. The van der Waals surface area contributed by atoms with Crippen molar-refractivity contribution in [1.82, 2.24) is 5.32 Å². The Balaban J connectivity index is 4.74. The molecule has 0 bridgehead atoms. The van der Waals surface area contributed by atoms with Crippen LogP contribution < -0.4 is 5.32 Å². The molecule has 0 aromatic rings. The van der Waals surface area contributed by atoms with Gasteiger partial charge in [-0.3, -0.25) is 0 Å². The van der Waals surface area contributed by atoms with E-state index in [0.29, 0.717) is 5.92 Å². The first kappa shape index (κ1) is 15.9. The van der Waals surface area contributed by atoms with E-state index < -0.39 is 14.6 Å². The monoisotopic (exact) mass is 249 g/mol. The van der Waals surface area contributed by atoms with Crippen LogP contribution in [-0.2, 0) is 9.84 Å². The van der Waals surface area contributed by atoms with Crippen LogP contribution in [0.4, 0.5) is 0 Å². The summed E-state index contributed by atoms with van der Waals surface area (Å²) < 4.78 is 22.8. The minimum Gasteiger partial charge on any atom is -0.315 e. The zero-order valence-electron chi connectivity index (χ0n) is 11.5. The summed E-state index contributed by atoms with van der Waals surface area (Å²) in [5.41, 5.74) is 0. The van der Waals surface area contributed by atoms with Gasteiger partial charge in [0.1, 0.15) is 0 Å². The minimum absolute atomic E-state index is 0.0176. The molecule has 0 saturated heterocycles. The van der Waals surface area contributed by atoms with Gasteiger partial charge in [-0.25, -0.2) is 8.42 Å². The molecule has 1 N–H and O–H groups in total. The number of hydrogen-bond acceptors (Lipinski definition) is 3. The van der Waals surface area contributed by atoms with E-state index in [4.69, 9.17) is 0 Å². The van der Waals surface area contributed by atoms with Gasteiger partial charge in [0.2, 0.25) is 0 Å². The van der Waals surface area contributed by atoms with Crippen LogP contribution in [0.25, 0.3) is 0 Å². The van der Waals surface area contributed by atoms with Crippen LogP contribution >= 0.6 is 0 Å². The highest BCUT2D eigenvalue weighted by molar-refractivity contribution is 7.92. The maximum Gasteiger partial charge on any atom is 0.154 e. The molecule has 0 aromatic carbocycles. The number of nitrogens with one attached hydrogen (secondary N) is 1. The Kier molecular flexibility index (Phi) is 5.98. The summed E-state index contributed by atoms with van der Waals surface area (Å²) in [6.45, 7) is 7.96. The van der Waals surface area contributed by atoms with Gasteiger partial charge in [-0.1, -0.05) is 26.7 Å². The van der Waals surface area contributed by atoms with Crippen molar-refractivity contribution in [3.05, 3.63) is 0 Å². The smallest absolute Gasteiger partial charge is 0.154 e. The summed E-state index contributed by atoms with van der Waals surface area (Å²) >= 11 is 0. The molecule has 0 heterocycles. The molecule has 0 rings (SSSR count). The van der Waals surface area contributed by atoms with Crippen molar-refractivity contribution in [2.24, 2.45) is 5.92 Å². The molecule has 98 valence electrons.